The highest BCUT2D eigenvalue weighted by Gasteiger charge is 2.27. The predicted octanol–water partition coefficient (Wildman–Crippen LogP) is 4.10. The first-order valence-electron chi connectivity index (χ1n) is 7.25. The number of pyridine rings is 1. The highest BCUT2D eigenvalue weighted by molar-refractivity contribution is 7.71. The average Bonchev–Trinajstić information content (AvgIpc) is 2.77. The zero-order valence-corrected chi connectivity index (χ0v) is 13.0. The van der Waals surface area contributed by atoms with Crippen molar-refractivity contribution < 1.29 is 4.74 Å². The number of aromatic nitrogens is 3. The summed E-state index contributed by atoms with van der Waals surface area (Å²) < 4.78 is 8.20. The molecule has 2 aromatic heterocycles. The van der Waals surface area contributed by atoms with Crippen LogP contribution in [0, 0.1) is 16.6 Å². The average molecular weight is 291 g/mol. The lowest BCUT2D eigenvalue weighted by Gasteiger charge is -2.32. The Labute approximate surface area is 124 Å². The molecule has 2 heterocycles. The maximum Gasteiger partial charge on any atom is 0.215 e. The van der Waals surface area contributed by atoms with Gasteiger partial charge in [-0.15, -0.1) is 0 Å². The number of nitrogens with zero attached hydrogens (tertiary/aromatic N) is 2. The SMILES string of the molecule is COc1ccc2[nH]c(=S)n(C3CCC(C)C(C)C3)c2n1. The number of aromatic amines is 1. The van der Waals surface area contributed by atoms with E-state index in [1.165, 1.54) is 19.3 Å². The third-order valence-corrected chi connectivity index (χ3v) is 4.98. The second kappa shape index (κ2) is 5.20. The fourth-order valence-electron chi connectivity index (χ4n) is 3.19. The molecule has 3 unspecified atom stereocenters. The molecule has 0 saturated heterocycles. The smallest absolute Gasteiger partial charge is 0.215 e. The standard InChI is InChI=1S/C15H21N3OS/c1-9-4-5-11(8-10(9)2)18-14-12(16-15(18)20)6-7-13(17-14)19-3/h6-7,9-11H,4-5,8H2,1-3H3,(H,16,20). The number of hydrogen-bond donors (Lipinski definition) is 1. The lowest BCUT2D eigenvalue weighted by atomic mass is 9.79. The second-order valence-electron chi connectivity index (χ2n) is 5.95. The van der Waals surface area contributed by atoms with Gasteiger partial charge in [0.15, 0.2) is 10.4 Å². The van der Waals surface area contributed by atoms with Crippen LogP contribution < -0.4 is 4.74 Å². The number of ether oxygens (including phenoxy) is 1. The molecule has 0 aromatic carbocycles. The highest BCUT2D eigenvalue weighted by atomic mass is 32.1. The van der Waals surface area contributed by atoms with Crippen LogP contribution in [0.2, 0.25) is 0 Å². The molecule has 0 bridgehead atoms. The summed E-state index contributed by atoms with van der Waals surface area (Å²) >= 11 is 5.51. The minimum absolute atomic E-state index is 0.446. The molecule has 108 valence electrons. The van der Waals surface area contributed by atoms with Crippen molar-refractivity contribution in [3.8, 4) is 5.88 Å². The van der Waals surface area contributed by atoms with Gasteiger partial charge in [-0.25, -0.2) is 0 Å². The van der Waals surface area contributed by atoms with Crippen molar-refractivity contribution in [1.29, 1.82) is 0 Å². The van der Waals surface area contributed by atoms with Crippen molar-refractivity contribution in [3.05, 3.63) is 16.9 Å². The van der Waals surface area contributed by atoms with Gasteiger partial charge in [-0.1, -0.05) is 13.8 Å². The molecule has 0 aliphatic heterocycles. The summed E-state index contributed by atoms with van der Waals surface area (Å²) in [5.74, 6) is 2.16. The van der Waals surface area contributed by atoms with E-state index in [0.29, 0.717) is 11.9 Å². The summed E-state index contributed by atoms with van der Waals surface area (Å²) in [7, 11) is 1.64. The first kappa shape index (κ1) is 13.6. The van der Waals surface area contributed by atoms with Crippen molar-refractivity contribution in [1.82, 2.24) is 14.5 Å². The molecule has 3 rings (SSSR count). The Morgan fingerprint density at radius 3 is 2.80 bits per heavy atom. The van der Waals surface area contributed by atoms with Gasteiger partial charge in [-0.2, -0.15) is 4.98 Å². The Morgan fingerprint density at radius 2 is 2.10 bits per heavy atom. The van der Waals surface area contributed by atoms with Gasteiger partial charge in [0, 0.05) is 12.1 Å². The van der Waals surface area contributed by atoms with Crippen LogP contribution in [0.25, 0.3) is 11.2 Å². The van der Waals surface area contributed by atoms with Gasteiger partial charge in [0.2, 0.25) is 5.88 Å². The zero-order chi connectivity index (χ0) is 14.3. The molecule has 0 spiro atoms. The molecule has 1 fully saturated rings. The van der Waals surface area contributed by atoms with E-state index in [1.807, 2.05) is 12.1 Å². The third kappa shape index (κ3) is 2.24. The number of fused-ring (bicyclic) bond motifs is 1. The van der Waals surface area contributed by atoms with Gasteiger partial charge in [0.1, 0.15) is 0 Å². The highest BCUT2D eigenvalue weighted by Crippen LogP contribution is 2.37. The summed E-state index contributed by atoms with van der Waals surface area (Å²) in [6.45, 7) is 4.68. The van der Waals surface area contributed by atoms with Crippen molar-refractivity contribution in [2.75, 3.05) is 7.11 Å². The van der Waals surface area contributed by atoms with Crippen molar-refractivity contribution >= 4 is 23.4 Å². The maximum absolute atomic E-state index is 5.51. The zero-order valence-electron chi connectivity index (χ0n) is 12.2. The van der Waals surface area contributed by atoms with Gasteiger partial charge in [0.25, 0.3) is 0 Å². The Hall–Kier alpha value is -1.36. The Kier molecular flexibility index (Phi) is 3.54. The molecular weight excluding hydrogens is 270 g/mol. The number of imidazole rings is 1. The summed E-state index contributed by atoms with van der Waals surface area (Å²) in [6.07, 6.45) is 3.59. The van der Waals surface area contributed by atoms with E-state index >= 15 is 0 Å². The minimum atomic E-state index is 0.446. The van der Waals surface area contributed by atoms with E-state index in [2.05, 4.69) is 28.4 Å². The minimum Gasteiger partial charge on any atom is -0.481 e. The summed E-state index contributed by atoms with van der Waals surface area (Å²) in [5, 5.41) is 0. The van der Waals surface area contributed by atoms with Gasteiger partial charge in [0.05, 0.1) is 12.6 Å². The molecule has 5 heteroatoms. The van der Waals surface area contributed by atoms with Crippen LogP contribution in [-0.4, -0.2) is 21.6 Å². The van der Waals surface area contributed by atoms with E-state index in [4.69, 9.17) is 17.0 Å². The second-order valence-corrected chi connectivity index (χ2v) is 6.33. The molecule has 1 aliphatic carbocycles. The number of nitrogens with one attached hydrogen (secondary N) is 1. The van der Waals surface area contributed by atoms with Crippen molar-refractivity contribution in [3.63, 3.8) is 0 Å². The monoisotopic (exact) mass is 291 g/mol. The van der Waals surface area contributed by atoms with Crippen LogP contribution in [0.15, 0.2) is 12.1 Å². The number of methoxy groups -OCH3 is 1. The van der Waals surface area contributed by atoms with Gasteiger partial charge >= 0.3 is 0 Å². The van der Waals surface area contributed by atoms with Crippen molar-refractivity contribution in [2.45, 2.75) is 39.2 Å². The Balaban J connectivity index is 2.06. The maximum atomic E-state index is 5.51. The number of rotatable bonds is 2. The molecule has 4 nitrogen and oxygen atoms in total. The third-order valence-electron chi connectivity index (χ3n) is 4.68. The summed E-state index contributed by atoms with van der Waals surface area (Å²) in [5.41, 5.74) is 1.91. The fourth-order valence-corrected chi connectivity index (χ4v) is 3.54. The van der Waals surface area contributed by atoms with Gasteiger partial charge in [-0.3, -0.25) is 4.57 Å². The first-order chi connectivity index (χ1) is 9.60. The molecule has 0 amide bonds. The van der Waals surface area contributed by atoms with E-state index < -0.39 is 0 Å². The molecule has 2 aromatic rings. The normalized spacial score (nSPS) is 26.9. The largest absolute Gasteiger partial charge is 0.481 e. The summed E-state index contributed by atoms with van der Waals surface area (Å²) in [4.78, 5) is 7.84. The molecular formula is C15H21N3OS. The van der Waals surface area contributed by atoms with E-state index in [0.717, 1.165) is 27.8 Å². The van der Waals surface area contributed by atoms with Crippen LogP contribution in [0.5, 0.6) is 5.88 Å². The molecule has 1 aliphatic rings. The van der Waals surface area contributed by atoms with E-state index in [-0.39, 0.29) is 0 Å². The fraction of sp³-hybridized carbons (Fsp3) is 0.600. The number of H-pyrrole nitrogens is 1. The molecule has 20 heavy (non-hydrogen) atoms. The lowest BCUT2D eigenvalue weighted by Crippen LogP contribution is -2.23. The summed E-state index contributed by atoms with van der Waals surface area (Å²) in [6, 6.07) is 4.30. The molecule has 3 atom stereocenters. The first-order valence-corrected chi connectivity index (χ1v) is 7.66. The Bertz CT molecular complexity index is 675. The lowest BCUT2D eigenvalue weighted by molar-refractivity contribution is 0.212. The number of hydrogen-bond acceptors (Lipinski definition) is 3. The quantitative estimate of drug-likeness (QED) is 0.847. The van der Waals surface area contributed by atoms with Gasteiger partial charge in [-0.05, 0) is 49.4 Å². The van der Waals surface area contributed by atoms with Crippen LogP contribution in [0.3, 0.4) is 0 Å². The van der Waals surface area contributed by atoms with E-state index in [1.54, 1.807) is 7.11 Å². The van der Waals surface area contributed by atoms with Crippen LogP contribution in [0.4, 0.5) is 0 Å². The molecule has 1 N–H and O–H groups in total. The van der Waals surface area contributed by atoms with Crippen LogP contribution in [0.1, 0.15) is 39.2 Å². The van der Waals surface area contributed by atoms with Crippen LogP contribution >= 0.6 is 12.2 Å². The topological polar surface area (TPSA) is 42.8 Å². The van der Waals surface area contributed by atoms with E-state index in [9.17, 15) is 0 Å². The van der Waals surface area contributed by atoms with Crippen LogP contribution in [-0.2, 0) is 0 Å². The Morgan fingerprint density at radius 1 is 1.30 bits per heavy atom. The van der Waals surface area contributed by atoms with Gasteiger partial charge < -0.3 is 9.72 Å². The molecule has 1 saturated carbocycles. The van der Waals surface area contributed by atoms with Crippen molar-refractivity contribution in [2.24, 2.45) is 11.8 Å². The predicted molar refractivity (Wildman–Crippen MR) is 82.7 cm³/mol. The molecule has 0 radical (unpaired) electrons.